The van der Waals surface area contributed by atoms with Gasteiger partial charge in [0.05, 0.1) is 29.3 Å². The molecule has 4 rings (SSSR count). The molecule has 3 aromatic carbocycles. The zero-order valence-corrected chi connectivity index (χ0v) is 19.0. The van der Waals surface area contributed by atoms with Gasteiger partial charge in [-0.3, -0.25) is 19.7 Å². The molecule has 1 amide bonds. The van der Waals surface area contributed by atoms with Crippen LogP contribution in [0, 0.1) is 10.1 Å². The number of nitrogens with one attached hydrogen (secondary N) is 3. The molecule has 35 heavy (non-hydrogen) atoms. The van der Waals surface area contributed by atoms with Crippen molar-refractivity contribution >= 4 is 40.2 Å². The molecule has 0 atom stereocenters. The summed E-state index contributed by atoms with van der Waals surface area (Å²) in [5, 5.41) is 20.5. The first kappa shape index (κ1) is 23.7. The van der Waals surface area contributed by atoms with Crippen LogP contribution in [0.2, 0.25) is 0 Å². The zero-order chi connectivity index (χ0) is 24.8. The van der Waals surface area contributed by atoms with Crippen LogP contribution >= 0.6 is 0 Å². The fourth-order valence-electron chi connectivity index (χ4n) is 3.83. The van der Waals surface area contributed by atoms with Crippen molar-refractivity contribution in [1.82, 2.24) is 5.32 Å². The molecule has 0 spiro atoms. The first-order chi connectivity index (χ1) is 17.0. The summed E-state index contributed by atoms with van der Waals surface area (Å²) in [4.78, 5) is 35.4. The Hall–Kier alpha value is -4.50. The van der Waals surface area contributed by atoms with Crippen molar-refractivity contribution in [2.24, 2.45) is 0 Å². The van der Waals surface area contributed by atoms with E-state index in [1.54, 1.807) is 6.92 Å². The fraction of sp³-hybridized carbons (Fsp3) is 0.154. The van der Waals surface area contributed by atoms with E-state index < -0.39 is 4.92 Å². The molecule has 3 aromatic rings. The maximum atomic E-state index is 13.0. The minimum atomic E-state index is -0.483. The molecular formula is C26H24N4O5. The number of carbonyl (C=O) groups is 2. The Morgan fingerprint density at radius 3 is 2.60 bits per heavy atom. The predicted octanol–water partition coefficient (Wildman–Crippen LogP) is 4.18. The molecule has 0 aromatic heterocycles. The number of nitro benzene ring substituents is 1. The van der Waals surface area contributed by atoms with Gasteiger partial charge in [0.1, 0.15) is 0 Å². The SMILES string of the molecule is CCOC(=O)CNCc1cccc(N/C(=C2\C(=O)Nc3ccc([N+](=O)[O-])cc32)c2ccccc2)c1. The van der Waals surface area contributed by atoms with E-state index in [0.29, 0.717) is 35.7 Å². The van der Waals surface area contributed by atoms with Gasteiger partial charge in [0.2, 0.25) is 0 Å². The number of non-ortho nitro benzene ring substituents is 1. The predicted molar refractivity (Wildman–Crippen MR) is 133 cm³/mol. The quantitative estimate of drug-likeness (QED) is 0.185. The van der Waals surface area contributed by atoms with Crippen LogP contribution in [-0.4, -0.2) is 30.0 Å². The first-order valence-corrected chi connectivity index (χ1v) is 11.1. The first-order valence-electron chi connectivity index (χ1n) is 11.1. The van der Waals surface area contributed by atoms with Gasteiger partial charge in [-0.15, -0.1) is 0 Å². The topological polar surface area (TPSA) is 123 Å². The maximum absolute atomic E-state index is 13.0. The molecule has 0 saturated carbocycles. The highest BCUT2D eigenvalue weighted by molar-refractivity contribution is 6.37. The Morgan fingerprint density at radius 2 is 1.86 bits per heavy atom. The molecule has 0 bridgehead atoms. The highest BCUT2D eigenvalue weighted by Gasteiger charge is 2.30. The van der Waals surface area contributed by atoms with Crippen LogP contribution in [0.3, 0.4) is 0 Å². The Balaban J connectivity index is 1.69. The summed E-state index contributed by atoms with van der Waals surface area (Å²) in [6.45, 7) is 2.63. The Bertz CT molecular complexity index is 1300. The molecule has 1 aliphatic rings. The second-order valence-corrected chi connectivity index (χ2v) is 7.79. The number of amides is 1. The number of fused-ring (bicyclic) bond motifs is 1. The van der Waals surface area contributed by atoms with Gasteiger partial charge in [-0.1, -0.05) is 42.5 Å². The number of nitro groups is 1. The van der Waals surface area contributed by atoms with E-state index in [1.165, 1.54) is 18.2 Å². The van der Waals surface area contributed by atoms with Gasteiger partial charge in [-0.05, 0) is 36.2 Å². The number of rotatable bonds is 9. The van der Waals surface area contributed by atoms with E-state index >= 15 is 0 Å². The Morgan fingerprint density at radius 1 is 1.06 bits per heavy atom. The molecule has 178 valence electrons. The fourth-order valence-corrected chi connectivity index (χ4v) is 3.83. The van der Waals surface area contributed by atoms with Gasteiger partial charge >= 0.3 is 5.97 Å². The molecule has 0 saturated heterocycles. The highest BCUT2D eigenvalue weighted by Crippen LogP contribution is 2.39. The van der Waals surface area contributed by atoms with E-state index in [4.69, 9.17) is 4.74 Å². The number of carbonyl (C=O) groups excluding carboxylic acids is 2. The molecule has 0 radical (unpaired) electrons. The largest absolute Gasteiger partial charge is 0.465 e. The van der Waals surface area contributed by atoms with Crippen LogP contribution in [0.4, 0.5) is 17.1 Å². The van der Waals surface area contributed by atoms with Crippen LogP contribution < -0.4 is 16.0 Å². The van der Waals surface area contributed by atoms with E-state index in [9.17, 15) is 19.7 Å². The van der Waals surface area contributed by atoms with Gasteiger partial charge in [0.25, 0.3) is 11.6 Å². The van der Waals surface area contributed by atoms with Crippen molar-refractivity contribution in [1.29, 1.82) is 0 Å². The van der Waals surface area contributed by atoms with Crippen molar-refractivity contribution in [3.05, 3.63) is 99.6 Å². The lowest BCUT2D eigenvalue weighted by Crippen LogP contribution is -2.24. The number of nitrogens with zero attached hydrogens (tertiary/aromatic N) is 1. The molecule has 3 N–H and O–H groups in total. The van der Waals surface area contributed by atoms with Crippen LogP contribution in [-0.2, 0) is 20.9 Å². The summed E-state index contributed by atoms with van der Waals surface area (Å²) >= 11 is 0. The van der Waals surface area contributed by atoms with Crippen LogP contribution in [0.1, 0.15) is 23.6 Å². The lowest BCUT2D eigenvalue weighted by Gasteiger charge is -2.15. The number of hydrogen-bond donors (Lipinski definition) is 3. The van der Waals surface area contributed by atoms with Gasteiger partial charge < -0.3 is 20.7 Å². The van der Waals surface area contributed by atoms with Crippen molar-refractivity contribution in [2.75, 3.05) is 23.8 Å². The third-order valence-electron chi connectivity index (χ3n) is 5.37. The van der Waals surface area contributed by atoms with Gasteiger partial charge in [0.15, 0.2) is 0 Å². The average molecular weight is 473 g/mol. The third-order valence-corrected chi connectivity index (χ3v) is 5.37. The lowest BCUT2D eigenvalue weighted by molar-refractivity contribution is -0.384. The van der Waals surface area contributed by atoms with E-state index in [0.717, 1.165) is 16.8 Å². The number of benzene rings is 3. The normalized spacial score (nSPS) is 13.6. The Labute approximate surface area is 202 Å². The lowest BCUT2D eigenvalue weighted by atomic mass is 9.99. The minimum absolute atomic E-state index is 0.0974. The molecule has 0 unspecified atom stereocenters. The van der Waals surface area contributed by atoms with Crippen molar-refractivity contribution in [3.63, 3.8) is 0 Å². The summed E-state index contributed by atoms with van der Waals surface area (Å²) in [7, 11) is 0. The van der Waals surface area contributed by atoms with E-state index in [-0.39, 0.29) is 24.1 Å². The molecule has 0 fully saturated rings. The monoisotopic (exact) mass is 472 g/mol. The number of anilines is 2. The zero-order valence-electron chi connectivity index (χ0n) is 19.0. The molecule has 9 heteroatoms. The second-order valence-electron chi connectivity index (χ2n) is 7.79. The number of ether oxygens (including phenoxy) is 1. The minimum Gasteiger partial charge on any atom is -0.465 e. The summed E-state index contributed by atoms with van der Waals surface area (Å²) in [6.07, 6.45) is 0. The van der Waals surface area contributed by atoms with Gasteiger partial charge in [0, 0.05) is 35.6 Å². The van der Waals surface area contributed by atoms with Crippen LogP contribution in [0.25, 0.3) is 11.3 Å². The summed E-state index contributed by atoms with van der Waals surface area (Å²) in [6, 6.07) is 21.2. The van der Waals surface area contributed by atoms with E-state index in [1.807, 2.05) is 54.6 Å². The van der Waals surface area contributed by atoms with Gasteiger partial charge in [-0.2, -0.15) is 0 Å². The summed E-state index contributed by atoms with van der Waals surface area (Å²) in [5.41, 5.74) is 4.12. The summed E-state index contributed by atoms with van der Waals surface area (Å²) < 4.78 is 4.92. The standard InChI is InChI=1S/C26H24N4O5/c1-2-35-23(31)16-27-15-17-7-6-10-19(13-17)28-25(18-8-4-3-5-9-18)24-21-14-20(30(33)34)11-12-22(21)29-26(24)32/h3-14,27-28H,2,15-16H2,1H3,(H,29,32)/b25-24-. The molecular weight excluding hydrogens is 448 g/mol. The van der Waals surface area contributed by atoms with Crippen LogP contribution in [0.5, 0.6) is 0 Å². The van der Waals surface area contributed by atoms with Crippen molar-refractivity contribution in [3.8, 4) is 0 Å². The molecule has 1 aliphatic heterocycles. The van der Waals surface area contributed by atoms with E-state index in [2.05, 4.69) is 16.0 Å². The maximum Gasteiger partial charge on any atom is 0.319 e. The third kappa shape index (κ3) is 5.53. The average Bonchev–Trinajstić information content (AvgIpc) is 3.18. The molecule has 1 heterocycles. The Kier molecular flexibility index (Phi) is 7.18. The van der Waals surface area contributed by atoms with Crippen molar-refractivity contribution in [2.45, 2.75) is 13.5 Å². The van der Waals surface area contributed by atoms with Crippen molar-refractivity contribution < 1.29 is 19.2 Å². The number of hydrogen-bond acceptors (Lipinski definition) is 7. The second kappa shape index (κ2) is 10.6. The summed E-state index contributed by atoms with van der Waals surface area (Å²) in [5.74, 6) is -0.669. The number of esters is 1. The van der Waals surface area contributed by atoms with Gasteiger partial charge in [-0.25, -0.2) is 0 Å². The molecule has 9 nitrogen and oxygen atoms in total. The smallest absolute Gasteiger partial charge is 0.319 e. The van der Waals surface area contributed by atoms with Crippen LogP contribution in [0.15, 0.2) is 72.8 Å². The highest BCUT2D eigenvalue weighted by atomic mass is 16.6. The molecule has 0 aliphatic carbocycles.